The molecule has 1 aliphatic heterocycles. The lowest BCUT2D eigenvalue weighted by Gasteiger charge is -2.26. The maximum absolute atomic E-state index is 13.1. The summed E-state index contributed by atoms with van der Waals surface area (Å²) in [5, 5.41) is 3.31. The number of methoxy groups -OCH3 is 1. The first-order valence-corrected chi connectivity index (χ1v) is 13.1. The molecule has 0 aliphatic carbocycles. The molecule has 7 nitrogen and oxygen atoms in total. The minimum Gasteiger partial charge on any atom is -0.497 e. The van der Waals surface area contributed by atoms with Gasteiger partial charge in [0.25, 0.3) is 5.91 Å². The zero-order chi connectivity index (χ0) is 23.6. The second-order valence-corrected chi connectivity index (χ2v) is 11.2. The molecule has 2 heterocycles. The number of benzene rings is 2. The molecule has 0 bridgehead atoms. The van der Waals surface area contributed by atoms with Crippen LogP contribution in [-0.2, 0) is 10.0 Å². The molecule has 0 unspecified atom stereocenters. The second-order valence-electron chi connectivity index (χ2n) is 8.05. The van der Waals surface area contributed by atoms with Gasteiger partial charge in [-0.2, -0.15) is 4.31 Å². The molecular formula is C24H27N3O4S2. The molecular weight excluding hydrogens is 458 g/mol. The molecule has 0 radical (unpaired) electrons. The molecule has 1 saturated heterocycles. The Hall–Kier alpha value is -2.75. The summed E-state index contributed by atoms with van der Waals surface area (Å²) in [6.45, 7) is 4.78. The van der Waals surface area contributed by atoms with Gasteiger partial charge in [-0.15, -0.1) is 11.3 Å². The minimum absolute atomic E-state index is 0.148. The molecule has 3 aromatic rings. The van der Waals surface area contributed by atoms with E-state index in [9.17, 15) is 13.2 Å². The lowest BCUT2D eigenvalue weighted by molar-refractivity contribution is 0.102. The molecule has 33 heavy (non-hydrogen) atoms. The van der Waals surface area contributed by atoms with Crippen LogP contribution in [0.3, 0.4) is 0 Å². The summed E-state index contributed by atoms with van der Waals surface area (Å²) in [6, 6.07) is 12.3. The van der Waals surface area contributed by atoms with Crippen molar-refractivity contribution in [2.45, 2.75) is 38.0 Å². The summed E-state index contributed by atoms with van der Waals surface area (Å²) in [4.78, 5) is 18.8. The number of anilines is 1. The van der Waals surface area contributed by atoms with E-state index in [1.165, 1.54) is 21.7 Å². The van der Waals surface area contributed by atoms with Gasteiger partial charge >= 0.3 is 0 Å². The van der Waals surface area contributed by atoms with Gasteiger partial charge in [0.2, 0.25) is 10.0 Å². The van der Waals surface area contributed by atoms with E-state index in [-0.39, 0.29) is 10.8 Å². The van der Waals surface area contributed by atoms with E-state index < -0.39 is 10.0 Å². The third-order valence-corrected chi connectivity index (χ3v) is 8.57. The smallest absolute Gasteiger partial charge is 0.257 e. The molecule has 1 amide bonds. The van der Waals surface area contributed by atoms with Gasteiger partial charge < -0.3 is 4.74 Å². The van der Waals surface area contributed by atoms with Crippen molar-refractivity contribution in [1.82, 2.24) is 9.29 Å². The van der Waals surface area contributed by atoms with E-state index >= 15 is 0 Å². The number of nitrogens with zero attached hydrogens (tertiary/aromatic N) is 2. The van der Waals surface area contributed by atoms with Gasteiger partial charge in [0.1, 0.15) is 5.75 Å². The van der Waals surface area contributed by atoms with Gasteiger partial charge in [-0.25, -0.2) is 13.4 Å². The quantitative estimate of drug-likeness (QED) is 0.539. The third-order valence-electron chi connectivity index (χ3n) is 5.79. The van der Waals surface area contributed by atoms with E-state index in [2.05, 4.69) is 10.3 Å². The van der Waals surface area contributed by atoms with Crippen LogP contribution in [0.25, 0.3) is 11.3 Å². The summed E-state index contributed by atoms with van der Waals surface area (Å²) >= 11 is 1.38. The van der Waals surface area contributed by atoms with Gasteiger partial charge in [-0.3, -0.25) is 10.1 Å². The number of aryl methyl sites for hydroxylation is 2. The van der Waals surface area contributed by atoms with Crippen molar-refractivity contribution < 1.29 is 17.9 Å². The predicted octanol–water partition coefficient (Wildman–Crippen LogP) is 4.86. The van der Waals surface area contributed by atoms with Crippen LogP contribution in [0.15, 0.2) is 47.4 Å². The van der Waals surface area contributed by atoms with Crippen LogP contribution in [0.5, 0.6) is 5.75 Å². The molecule has 0 atom stereocenters. The summed E-state index contributed by atoms with van der Waals surface area (Å²) < 4.78 is 32.8. The highest BCUT2D eigenvalue weighted by Gasteiger charge is 2.27. The van der Waals surface area contributed by atoms with Gasteiger partial charge in [-0.05, 0) is 68.7 Å². The summed E-state index contributed by atoms with van der Waals surface area (Å²) in [5.74, 6) is 0.383. The number of ether oxygens (including phenoxy) is 1. The topological polar surface area (TPSA) is 88.6 Å². The number of aromatic nitrogens is 1. The molecule has 174 valence electrons. The Morgan fingerprint density at radius 1 is 1.06 bits per heavy atom. The number of nitrogens with one attached hydrogen (secondary N) is 1. The molecule has 9 heteroatoms. The van der Waals surface area contributed by atoms with Gasteiger partial charge in [-0.1, -0.05) is 12.5 Å². The highest BCUT2D eigenvalue weighted by atomic mass is 32.2. The van der Waals surface area contributed by atoms with Crippen LogP contribution < -0.4 is 10.1 Å². The van der Waals surface area contributed by atoms with E-state index in [1.54, 1.807) is 26.2 Å². The predicted molar refractivity (Wildman–Crippen MR) is 131 cm³/mol. The third kappa shape index (κ3) is 4.95. The Labute approximate surface area is 198 Å². The number of thiazole rings is 1. The zero-order valence-electron chi connectivity index (χ0n) is 18.9. The monoisotopic (exact) mass is 485 g/mol. The van der Waals surface area contributed by atoms with Crippen LogP contribution in [0.1, 0.15) is 40.1 Å². The Morgan fingerprint density at radius 3 is 2.42 bits per heavy atom. The van der Waals surface area contributed by atoms with Gasteiger partial charge in [0, 0.05) is 29.1 Å². The molecule has 0 spiro atoms. The number of carbonyl (C=O) groups is 1. The Bertz CT molecular complexity index is 1260. The number of piperidine rings is 1. The SMILES string of the molecule is COc1ccc(-c2nc(NC(=O)c3cc(S(=O)(=O)N4CCCCC4)ccc3C)sc2C)cc1. The fourth-order valence-electron chi connectivity index (χ4n) is 3.89. The first-order chi connectivity index (χ1) is 15.8. The number of hydrogen-bond donors (Lipinski definition) is 1. The summed E-state index contributed by atoms with van der Waals surface area (Å²) in [7, 11) is -2.01. The van der Waals surface area contributed by atoms with Crippen molar-refractivity contribution in [1.29, 1.82) is 0 Å². The standard InChI is InChI=1S/C24H27N3O4S2/c1-16-7-12-20(33(29,30)27-13-5-4-6-14-27)15-21(16)23(28)26-24-25-22(17(2)32-24)18-8-10-19(31-3)11-9-18/h7-12,15H,4-6,13-14H2,1-3H3,(H,25,26,28). The van der Waals surface area contributed by atoms with E-state index in [0.717, 1.165) is 41.1 Å². The number of sulfonamides is 1. The van der Waals surface area contributed by atoms with Crippen molar-refractivity contribution in [3.8, 4) is 17.0 Å². The maximum Gasteiger partial charge on any atom is 0.257 e. The molecule has 1 aliphatic rings. The van der Waals surface area contributed by atoms with Crippen molar-refractivity contribution in [2.24, 2.45) is 0 Å². The average molecular weight is 486 g/mol. The molecule has 0 saturated carbocycles. The van der Waals surface area contributed by atoms with E-state index in [0.29, 0.717) is 29.3 Å². The Morgan fingerprint density at radius 2 is 1.76 bits per heavy atom. The van der Waals surface area contributed by atoms with Gasteiger partial charge in [0.15, 0.2) is 5.13 Å². The van der Waals surface area contributed by atoms with Crippen molar-refractivity contribution >= 4 is 32.4 Å². The molecule has 4 rings (SSSR count). The van der Waals surface area contributed by atoms with E-state index in [1.807, 2.05) is 31.2 Å². The summed E-state index contributed by atoms with van der Waals surface area (Å²) in [6.07, 6.45) is 2.76. The van der Waals surface area contributed by atoms with Crippen LogP contribution in [0, 0.1) is 13.8 Å². The highest BCUT2D eigenvalue weighted by Crippen LogP contribution is 2.32. The first kappa shape index (κ1) is 23.4. The fraction of sp³-hybridized carbons (Fsp3) is 0.333. The minimum atomic E-state index is -3.62. The number of amides is 1. The molecule has 1 aromatic heterocycles. The number of carbonyl (C=O) groups excluding carboxylic acids is 1. The summed E-state index contributed by atoms with van der Waals surface area (Å²) in [5.41, 5.74) is 2.74. The van der Waals surface area contributed by atoms with Crippen molar-refractivity contribution in [3.63, 3.8) is 0 Å². The number of rotatable bonds is 6. The zero-order valence-corrected chi connectivity index (χ0v) is 20.6. The lowest BCUT2D eigenvalue weighted by atomic mass is 10.1. The van der Waals surface area contributed by atoms with Crippen molar-refractivity contribution in [3.05, 3.63) is 58.5 Å². The molecule has 2 aromatic carbocycles. The average Bonchev–Trinajstić information content (AvgIpc) is 3.19. The highest BCUT2D eigenvalue weighted by molar-refractivity contribution is 7.89. The van der Waals surface area contributed by atoms with Crippen LogP contribution in [-0.4, -0.2) is 43.8 Å². The fourth-order valence-corrected chi connectivity index (χ4v) is 6.27. The first-order valence-electron chi connectivity index (χ1n) is 10.8. The number of hydrogen-bond acceptors (Lipinski definition) is 6. The van der Waals surface area contributed by atoms with Crippen LogP contribution in [0.4, 0.5) is 5.13 Å². The maximum atomic E-state index is 13.1. The van der Waals surface area contributed by atoms with Crippen LogP contribution in [0.2, 0.25) is 0 Å². The Balaban J connectivity index is 1.57. The molecule has 1 fully saturated rings. The van der Waals surface area contributed by atoms with Crippen molar-refractivity contribution in [2.75, 3.05) is 25.5 Å². The van der Waals surface area contributed by atoms with E-state index in [4.69, 9.17) is 4.74 Å². The molecule has 1 N–H and O–H groups in total. The normalized spacial score (nSPS) is 14.8. The largest absolute Gasteiger partial charge is 0.497 e. The Kier molecular flexibility index (Phi) is 6.83. The second kappa shape index (κ2) is 9.62. The van der Waals surface area contributed by atoms with Crippen LogP contribution >= 0.6 is 11.3 Å². The van der Waals surface area contributed by atoms with Gasteiger partial charge in [0.05, 0.1) is 17.7 Å². The lowest BCUT2D eigenvalue weighted by Crippen LogP contribution is -2.35.